The van der Waals surface area contributed by atoms with E-state index in [0.717, 1.165) is 22.8 Å². The van der Waals surface area contributed by atoms with Gasteiger partial charge in [-0.05, 0) is 84.7 Å². The van der Waals surface area contributed by atoms with Gasteiger partial charge in [0, 0.05) is 16.7 Å². The molecule has 0 N–H and O–H groups in total. The van der Waals surface area contributed by atoms with E-state index in [4.69, 9.17) is 18.3 Å². The number of hydrogen-bond donors (Lipinski definition) is 0. The zero-order valence-corrected chi connectivity index (χ0v) is 34.1. The minimum atomic E-state index is -0.147. The van der Waals surface area contributed by atoms with E-state index >= 15 is 0 Å². The van der Waals surface area contributed by atoms with Crippen LogP contribution >= 0.6 is 17.8 Å². The van der Waals surface area contributed by atoms with Crippen molar-refractivity contribution in [3.63, 3.8) is 0 Å². The third-order valence-corrected chi connectivity index (χ3v) is 10.3. The summed E-state index contributed by atoms with van der Waals surface area (Å²) in [7, 11) is -0.0152. The van der Waals surface area contributed by atoms with Crippen LogP contribution in [0.15, 0.2) is 84.9 Å². The average Bonchev–Trinajstić information content (AvgIpc) is 3.02. The molecule has 5 rings (SSSR count). The largest absolute Gasteiger partial charge is 0.486 e. The molecule has 2 atom stereocenters. The molecule has 5 aromatic carbocycles. The van der Waals surface area contributed by atoms with Crippen molar-refractivity contribution < 1.29 is 18.3 Å². The lowest BCUT2D eigenvalue weighted by Crippen LogP contribution is -2.14. The Kier molecular flexibility index (Phi) is 11.3. The first-order chi connectivity index (χ1) is 23.3. The molecule has 0 heterocycles. The van der Waals surface area contributed by atoms with E-state index in [1.807, 2.05) is 24.3 Å². The molecule has 2 unspecified atom stereocenters. The molecule has 6 heteroatoms. The zero-order valence-electron chi connectivity index (χ0n) is 32.1. The summed E-state index contributed by atoms with van der Waals surface area (Å²) in [6, 6.07) is 30.4. The topological polar surface area (TPSA) is 36.9 Å². The molecule has 0 aromatic heterocycles. The van der Waals surface area contributed by atoms with Gasteiger partial charge in [-0.3, -0.25) is 0 Å². The van der Waals surface area contributed by atoms with Crippen LogP contribution in [0.25, 0.3) is 21.5 Å². The van der Waals surface area contributed by atoms with Gasteiger partial charge in [0.05, 0.1) is 6.61 Å². The lowest BCUT2D eigenvalue weighted by atomic mass is 9.82. The molecule has 266 valence electrons. The second-order valence-corrected chi connectivity index (χ2v) is 18.9. The highest BCUT2D eigenvalue weighted by molar-refractivity contribution is 7.32. The Morgan fingerprint density at radius 3 is 1.54 bits per heavy atom. The quantitative estimate of drug-likeness (QED) is 0.107. The van der Waals surface area contributed by atoms with Crippen LogP contribution in [0.4, 0.5) is 0 Å². The maximum Gasteiger partial charge on any atom is 0.215 e. The van der Waals surface area contributed by atoms with Gasteiger partial charge in [0.2, 0.25) is 9.03 Å². The number of para-hydroxylation sites is 1. The van der Waals surface area contributed by atoms with Crippen LogP contribution in [-0.2, 0) is 32.8 Å². The summed E-state index contributed by atoms with van der Waals surface area (Å²) >= 11 is 0. The lowest BCUT2D eigenvalue weighted by Gasteiger charge is -2.25. The van der Waals surface area contributed by atoms with Crippen LogP contribution in [-0.4, -0.2) is 6.35 Å². The standard InChI is InChI=1S/C44H56O4P2/c1-41(2,3)34-19-17-29-25-39(36(43(7,8)9)23-32(29)21-34)45-28-49-47-38-16-14-13-15-31(38)27-46-50-48-40-26-30-18-20-35(42(4,5)6)22-33(30)24-37(40)44(10,11)12/h13-26,49-50H,27-28H2,1-12H3. The van der Waals surface area contributed by atoms with Gasteiger partial charge < -0.3 is 18.3 Å². The summed E-state index contributed by atoms with van der Waals surface area (Å²) < 4.78 is 25.1. The van der Waals surface area contributed by atoms with Crippen LogP contribution in [0, 0.1) is 0 Å². The van der Waals surface area contributed by atoms with Gasteiger partial charge in [-0.15, -0.1) is 0 Å². The van der Waals surface area contributed by atoms with Gasteiger partial charge in [0.15, 0.2) is 0 Å². The predicted octanol–water partition coefficient (Wildman–Crippen LogP) is 13.3. The Balaban J connectivity index is 1.21. The number of rotatable bonds is 10. The molecule has 5 aromatic rings. The summed E-state index contributed by atoms with van der Waals surface area (Å²) in [5, 5.41) is 4.83. The average molecular weight is 711 g/mol. The highest BCUT2D eigenvalue weighted by Gasteiger charge is 2.23. The number of hydrogen-bond acceptors (Lipinski definition) is 4. The van der Waals surface area contributed by atoms with E-state index in [0.29, 0.717) is 13.0 Å². The lowest BCUT2D eigenvalue weighted by molar-refractivity contribution is 0.314. The second-order valence-electron chi connectivity index (χ2n) is 17.4. The van der Waals surface area contributed by atoms with Crippen LogP contribution < -0.4 is 13.8 Å². The van der Waals surface area contributed by atoms with Gasteiger partial charge in [0.25, 0.3) is 0 Å². The molecule has 4 nitrogen and oxygen atoms in total. The molecule has 0 aliphatic carbocycles. The van der Waals surface area contributed by atoms with Crippen molar-refractivity contribution in [3.05, 3.63) is 113 Å². The molecule has 0 saturated carbocycles. The molecule has 0 bridgehead atoms. The summed E-state index contributed by atoms with van der Waals surface area (Å²) in [6.45, 7) is 27.3. The molecular formula is C44H56O4P2. The smallest absolute Gasteiger partial charge is 0.215 e. The molecule has 0 saturated heterocycles. The first-order valence-electron chi connectivity index (χ1n) is 17.6. The Hall–Kier alpha value is -3.16. The summed E-state index contributed by atoms with van der Waals surface area (Å²) in [5.74, 6) is 2.59. The van der Waals surface area contributed by atoms with Crippen molar-refractivity contribution in [1.82, 2.24) is 0 Å². The fraction of sp³-hybridized carbons (Fsp3) is 0.409. The minimum Gasteiger partial charge on any atom is -0.486 e. The third kappa shape index (κ3) is 9.38. The van der Waals surface area contributed by atoms with Crippen molar-refractivity contribution in [1.29, 1.82) is 0 Å². The normalized spacial score (nSPS) is 13.3. The highest BCUT2D eigenvalue weighted by Crippen LogP contribution is 2.40. The van der Waals surface area contributed by atoms with Gasteiger partial charge in [-0.1, -0.05) is 138 Å². The van der Waals surface area contributed by atoms with Crippen molar-refractivity contribution in [2.75, 3.05) is 6.35 Å². The van der Waals surface area contributed by atoms with Gasteiger partial charge >= 0.3 is 0 Å². The maximum atomic E-state index is 6.41. The van der Waals surface area contributed by atoms with Gasteiger partial charge in [-0.25, -0.2) is 0 Å². The summed E-state index contributed by atoms with van der Waals surface area (Å²) in [4.78, 5) is 0. The fourth-order valence-corrected chi connectivity index (χ4v) is 7.14. The second kappa shape index (κ2) is 14.8. The number of benzene rings is 5. The Morgan fingerprint density at radius 1 is 0.480 bits per heavy atom. The van der Waals surface area contributed by atoms with Crippen LogP contribution in [0.5, 0.6) is 17.2 Å². The van der Waals surface area contributed by atoms with E-state index in [1.54, 1.807) is 0 Å². The molecule has 0 fully saturated rings. The van der Waals surface area contributed by atoms with Gasteiger partial charge in [-0.2, -0.15) is 0 Å². The highest BCUT2D eigenvalue weighted by atomic mass is 31.1. The van der Waals surface area contributed by atoms with Crippen molar-refractivity contribution in [2.45, 2.75) is 111 Å². The Labute approximate surface area is 304 Å². The minimum absolute atomic E-state index is 0.0612. The number of fused-ring (bicyclic) bond motifs is 2. The van der Waals surface area contributed by atoms with E-state index < -0.39 is 0 Å². The van der Waals surface area contributed by atoms with Crippen molar-refractivity contribution in [3.8, 4) is 17.2 Å². The van der Waals surface area contributed by atoms with E-state index in [9.17, 15) is 0 Å². The maximum absolute atomic E-state index is 6.41. The fourth-order valence-electron chi connectivity index (χ4n) is 5.98. The summed E-state index contributed by atoms with van der Waals surface area (Å²) in [6.07, 6.45) is 0.462. The Morgan fingerprint density at radius 2 is 1.00 bits per heavy atom. The molecule has 0 radical (unpaired) electrons. The monoisotopic (exact) mass is 710 g/mol. The van der Waals surface area contributed by atoms with Crippen LogP contribution in [0.3, 0.4) is 0 Å². The first kappa shape index (κ1) is 38.1. The van der Waals surface area contributed by atoms with E-state index in [1.165, 1.54) is 43.8 Å². The van der Waals surface area contributed by atoms with Gasteiger partial charge in [0.1, 0.15) is 32.4 Å². The molecule has 0 spiro atoms. The van der Waals surface area contributed by atoms with Crippen LogP contribution in [0.1, 0.15) is 111 Å². The Bertz CT molecular complexity index is 1810. The molecular weight excluding hydrogens is 654 g/mol. The molecule has 0 aliphatic heterocycles. The van der Waals surface area contributed by atoms with Crippen molar-refractivity contribution in [2.24, 2.45) is 0 Å². The molecule has 50 heavy (non-hydrogen) atoms. The van der Waals surface area contributed by atoms with E-state index in [2.05, 4.69) is 144 Å². The summed E-state index contributed by atoms with van der Waals surface area (Å²) in [5.41, 5.74) is 6.08. The molecule has 0 aliphatic rings. The predicted molar refractivity (Wildman–Crippen MR) is 217 cm³/mol. The van der Waals surface area contributed by atoms with Crippen LogP contribution in [0.2, 0.25) is 0 Å². The van der Waals surface area contributed by atoms with Crippen molar-refractivity contribution >= 4 is 39.4 Å². The van der Waals surface area contributed by atoms with E-state index in [-0.39, 0.29) is 39.5 Å². The molecule has 0 amide bonds. The third-order valence-electron chi connectivity index (χ3n) is 9.10. The SMILES string of the molecule is CC(C)(C)c1ccc2cc(OCPOc3ccccc3COPOc3cc4ccc(C(C)(C)C)cc4cc3C(C)(C)C)c(C(C)(C)C)cc2c1. The zero-order chi connectivity index (χ0) is 36.5. The number of ether oxygens (including phenoxy) is 1. The first-order valence-corrected chi connectivity index (χ1v) is 19.6.